The van der Waals surface area contributed by atoms with Crippen LogP contribution in [-0.2, 0) is 9.47 Å². The van der Waals surface area contributed by atoms with Gasteiger partial charge in [0.2, 0.25) is 0 Å². The van der Waals surface area contributed by atoms with E-state index in [4.69, 9.17) is 9.47 Å². The molecule has 1 aromatic carbocycles. The van der Waals surface area contributed by atoms with E-state index >= 15 is 0 Å². The molecule has 1 N–H and O–H groups in total. The Labute approximate surface area is 155 Å². The van der Waals surface area contributed by atoms with E-state index in [-0.39, 0.29) is 23.7 Å². The van der Waals surface area contributed by atoms with Crippen LogP contribution < -0.4 is 10.9 Å². The average Bonchev–Trinajstić information content (AvgIpc) is 2.55. The predicted molar refractivity (Wildman–Crippen MR) is 97.8 cm³/mol. The Morgan fingerprint density at radius 3 is 2.30 bits per heavy atom. The third-order valence-corrected chi connectivity index (χ3v) is 3.29. The maximum atomic E-state index is 13.3. The smallest absolute Gasteiger partial charge is 0.413 e. The van der Waals surface area contributed by atoms with Crippen molar-refractivity contribution in [2.24, 2.45) is 0 Å². The number of ether oxygens (including phenoxy) is 2. The Morgan fingerprint density at radius 1 is 1.11 bits per heavy atom. The third-order valence-electron chi connectivity index (χ3n) is 3.29. The number of esters is 1. The van der Waals surface area contributed by atoms with E-state index in [0.717, 1.165) is 16.7 Å². The van der Waals surface area contributed by atoms with Crippen LogP contribution in [0.2, 0.25) is 0 Å². The van der Waals surface area contributed by atoms with E-state index < -0.39 is 29.0 Å². The quantitative estimate of drug-likeness (QED) is 0.826. The highest BCUT2D eigenvalue weighted by molar-refractivity contribution is 5.90. The topological polar surface area (TPSA) is 86.6 Å². The lowest BCUT2D eigenvalue weighted by molar-refractivity contribution is 0.0523. The fourth-order valence-corrected chi connectivity index (χ4v) is 2.25. The largest absolute Gasteiger partial charge is 0.462 e. The average molecular weight is 376 g/mol. The normalized spacial score (nSPS) is 11.0. The van der Waals surface area contributed by atoms with Crippen molar-refractivity contribution in [1.29, 1.82) is 0 Å². The van der Waals surface area contributed by atoms with Gasteiger partial charge in [-0.05, 0) is 64.1 Å². The minimum Gasteiger partial charge on any atom is -0.462 e. The Morgan fingerprint density at radius 2 is 1.74 bits per heavy atom. The second kappa shape index (κ2) is 8.03. The summed E-state index contributed by atoms with van der Waals surface area (Å²) in [6.07, 6.45) is -0.776. The van der Waals surface area contributed by atoms with E-state index in [0.29, 0.717) is 0 Å². The molecule has 0 radical (unpaired) electrons. The van der Waals surface area contributed by atoms with Crippen LogP contribution in [0.5, 0.6) is 0 Å². The molecule has 0 atom stereocenters. The minimum absolute atomic E-state index is 0.0638. The van der Waals surface area contributed by atoms with Gasteiger partial charge in [0.25, 0.3) is 5.56 Å². The number of halogens is 1. The van der Waals surface area contributed by atoms with Gasteiger partial charge in [-0.2, -0.15) is 0 Å². The first-order valence-electron chi connectivity index (χ1n) is 8.31. The summed E-state index contributed by atoms with van der Waals surface area (Å²) in [6.45, 7) is 6.82. The standard InChI is InChI=1S/C19H21FN2O5/c1-5-26-17(24)14-10-11-15(21-18(25)27-19(2,3)4)22(16(14)23)13-8-6-12(20)7-9-13/h6-11H,5H2,1-4H3,(H,21,25). The minimum atomic E-state index is -0.790. The lowest BCUT2D eigenvalue weighted by atomic mass is 10.2. The molecule has 0 fully saturated rings. The summed E-state index contributed by atoms with van der Waals surface area (Å²) in [5.41, 5.74) is -1.40. The molecule has 1 amide bonds. The monoisotopic (exact) mass is 376 g/mol. The number of amides is 1. The van der Waals surface area contributed by atoms with Gasteiger partial charge in [-0.1, -0.05) is 0 Å². The summed E-state index contributed by atoms with van der Waals surface area (Å²) in [7, 11) is 0. The fraction of sp³-hybridized carbons (Fsp3) is 0.316. The van der Waals surface area contributed by atoms with Gasteiger partial charge in [0.15, 0.2) is 0 Å². The van der Waals surface area contributed by atoms with Crippen molar-refractivity contribution in [3.05, 3.63) is 58.1 Å². The van der Waals surface area contributed by atoms with Gasteiger partial charge in [-0.25, -0.2) is 14.0 Å². The summed E-state index contributed by atoms with van der Waals surface area (Å²) < 4.78 is 24.4. The number of benzene rings is 1. The van der Waals surface area contributed by atoms with Crippen LogP contribution in [-0.4, -0.2) is 28.8 Å². The van der Waals surface area contributed by atoms with Crippen molar-refractivity contribution in [3.8, 4) is 5.69 Å². The Kier molecular flexibility index (Phi) is 5.99. The Hall–Kier alpha value is -3.16. The summed E-state index contributed by atoms with van der Waals surface area (Å²) in [5.74, 6) is -1.22. The molecular weight excluding hydrogens is 355 g/mol. The molecule has 0 aliphatic carbocycles. The lowest BCUT2D eigenvalue weighted by Crippen LogP contribution is -2.32. The molecular formula is C19H21FN2O5. The van der Waals surface area contributed by atoms with Gasteiger partial charge < -0.3 is 9.47 Å². The first-order chi connectivity index (χ1) is 12.6. The third kappa shape index (κ3) is 5.16. The zero-order valence-corrected chi connectivity index (χ0v) is 15.5. The Balaban J connectivity index is 2.54. The molecule has 1 heterocycles. The molecule has 0 saturated heterocycles. The molecule has 7 nitrogen and oxygen atoms in total. The summed E-state index contributed by atoms with van der Waals surface area (Å²) in [4.78, 5) is 36.9. The van der Waals surface area contributed by atoms with Crippen LogP contribution in [0.3, 0.4) is 0 Å². The molecule has 2 aromatic rings. The maximum Gasteiger partial charge on any atom is 0.413 e. The highest BCUT2D eigenvalue weighted by Crippen LogP contribution is 2.17. The van der Waals surface area contributed by atoms with Crippen molar-refractivity contribution >= 4 is 17.9 Å². The molecule has 0 aliphatic heterocycles. The van der Waals surface area contributed by atoms with Gasteiger partial charge >= 0.3 is 12.1 Å². The number of hydrogen-bond donors (Lipinski definition) is 1. The number of aromatic nitrogens is 1. The SMILES string of the molecule is CCOC(=O)c1ccc(NC(=O)OC(C)(C)C)n(-c2ccc(F)cc2)c1=O. The zero-order chi connectivity index (χ0) is 20.2. The summed E-state index contributed by atoms with van der Waals surface area (Å²) in [5, 5.41) is 2.48. The van der Waals surface area contributed by atoms with E-state index in [1.165, 1.54) is 24.3 Å². The maximum absolute atomic E-state index is 13.3. The number of anilines is 1. The number of carbonyl (C=O) groups excluding carboxylic acids is 2. The Bertz CT molecular complexity index is 898. The van der Waals surface area contributed by atoms with Crippen LogP contribution in [0, 0.1) is 5.82 Å². The van der Waals surface area contributed by atoms with E-state index in [2.05, 4.69) is 5.32 Å². The molecule has 0 bridgehead atoms. The number of hydrogen-bond acceptors (Lipinski definition) is 5. The van der Waals surface area contributed by atoms with E-state index in [1.807, 2.05) is 0 Å². The molecule has 1 aromatic heterocycles. The van der Waals surface area contributed by atoms with E-state index in [1.54, 1.807) is 27.7 Å². The summed E-state index contributed by atoms with van der Waals surface area (Å²) >= 11 is 0. The number of pyridine rings is 1. The van der Waals surface area contributed by atoms with E-state index in [9.17, 15) is 18.8 Å². The van der Waals surface area contributed by atoms with Crippen LogP contribution >= 0.6 is 0 Å². The van der Waals surface area contributed by atoms with Crippen LogP contribution in [0.15, 0.2) is 41.2 Å². The van der Waals surface area contributed by atoms with Gasteiger partial charge in [0.1, 0.15) is 22.8 Å². The van der Waals surface area contributed by atoms with Crippen molar-refractivity contribution in [2.75, 3.05) is 11.9 Å². The van der Waals surface area contributed by atoms with Crippen LogP contribution in [0.1, 0.15) is 38.1 Å². The van der Waals surface area contributed by atoms with Crippen molar-refractivity contribution in [1.82, 2.24) is 4.57 Å². The van der Waals surface area contributed by atoms with Crippen LogP contribution in [0.4, 0.5) is 15.0 Å². The second-order valence-corrected chi connectivity index (χ2v) is 6.60. The number of rotatable bonds is 4. The first kappa shape index (κ1) is 20.2. The highest BCUT2D eigenvalue weighted by atomic mass is 19.1. The summed E-state index contributed by atoms with van der Waals surface area (Å²) in [6, 6.07) is 7.66. The van der Waals surface area contributed by atoms with Gasteiger partial charge in [-0.3, -0.25) is 14.7 Å². The highest BCUT2D eigenvalue weighted by Gasteiger charge is 2.21. The van der Waals surface area contributed by atoms with Crippen molar-refractivity contribution < 1.29 is 23.5 Å². The second-order valence-electron chi connectivity index (χ2n) is 6.60. The molecule has 8 heteroatoms. The zero-order valence-electron chi connectivity index (χ0n) is 15.5. The fourth-order valence-electron chi connectivity index (χ4n) is 2.25. The predicted octanol–water partition coefficient (Wildman–Crippen LogP) is 3.50. The number of nitrogens with zero attached hydrogens (tertiary/aromatic N) is 1. The molecule has 144 valence electrons. The molecule has 27 heavy (non-hydrogen) atoms. The first-order valence-corrected chi connectivity index (χ1v) is 8.31. The van der Waals surface area contributed by atoms with Crippen molar-refractivity contribution in [2.45, 2.75) is 33.3 Å². The number of nitrogens with one attached hydrogen (secondary N) is 1. The molecule has 0 spiro atoms. The molecule has 2 rings (SSSR count). The molecule has 0 unspecified atom stereocenters. The van der Waals surface area contributed by atoms with Gasteiger partial charge in [0.05, 0.1) is 12.3 Å². The molecule has 0 aliphatic rings. The van der Waals surface area contributed by atoms with Gasteiger partial charge in [0, 0.05) is 0 Å². The number of carbonyl (C=O) groups is 2. The van der Waals surface area contributed by atoms with Gasteiger partial charge in [-0.15, -0.1) is 0 Å². The lowest BCUT2D eigenvalue weighted by Gasteiger charge is -2.21. The molecule has 0 saturated carbocycles. The van der Waals surface area contributed by atoms with Crippen LogP contribution in [0.25, 0.3) is 5.69 Å². The van der Waals surface area contributed by atoms with Crippen molar-refractivity contribution in [3.63, 3.8) is 0 Å².